The fourth-order valence-corrected chi connectivity index (χ4v) is 14.3. The number of para-hydroxylation sites is 7. The van der Waals surface area contributed by atoms with Crippen molar-refractivity contribution in [3.63, 3.8) is 0 Å². The predicted molar refractivity (Wildman–Crippen MR) is 357 cm³/mol. The first-order valence-electron chi connectivity index (χ1n) is 29.0. The Bertz CT molecular complexity index is 5780. The fraction of sp³-hybridized carbons (Fsp3) is 0.0127. The number of hydrogen-bond acceptors (Lipinski definition) is 4. The molecule has 0 aliphatic carbocycles. The van der Waals surface area contributed by atoms with E-state index in [1.165, 1.54) is 70.7 Å². The summed E-state index contributed by atoms with van der Waals surface area (Å²) in [6, 6.07) is 92.8. The number of anilines is 6. The van der Waals surface area contributed by atoms with Crippen molar-refractivity contribution in [3.05, 3.63) is 285 Å². The van der Waals surface area contributed by atoms with Crippen molar-refractivity contribution in [3.8, 4) is 22.3 Å². The van der Waals surface area contributed by atoms with Crippen LogP contribution in [0.2, 0.25) is 0 Å². The summed E-state index contributed by atoms with van der Waals surface area (Å²) < 4.78 is 18.6. The zero-order valence-corrected chi connectivity index (χ0v) is 46.3. The number of aryl methyl sites for hydroxylation is 1. The van der Waals surface area contributed by atoms with Gasteiger partial charge in [0.05, 0.1) is 55.8 Å². The first-order chi connectivity index (χ1) is 42.1. The van der Waals surface area contributed by atoms with Gasteiger partial charge in [-0.15, -0.1) is 0 Å². The molecule has 398 valence electrons. The van der Waals surface area contributed by atoms with E-state index in [1.807, 2.05) is 25.1 Å². The third kappa shape index (κ3) is 6.76. The molecule has 12 aromatic carbocycles. The topological polar surface area (TPSA) is 41.6 Å². The first-order valence-corrected chi connectivity index (χ1v) is 29.0. The molecule has 0 atom stereocenters. The van der Waals surface area contributed by atoms with Gasteiger partial charge in [0.2, 0.25) is 0 Å². The number of fused-ring (bicyclic) bond motifs is 16. The van der Waals surface area contributed by atoms with Gasteiger partial charge in [0.1, 0.15) is 11.3 Å². The van der Waals surface area contributed by atoms with Gasteiger partial charge in [-0.25, -0.2) is 0 Å². The van der Waals surface area contributed by atoms with Crippen LogP contribution in [0.1, 0.15) is 11.3 Å². The molecule has 6 heteroatoms. The van der Waals surface area contributed by atoms with Crippen molar-refractivity contribution in [2.45, 2.75) is 6.92 Å². The number of rotatable bonds is 10. The van der Waals surface area contributed by atoms with Crippen LogP contribution in [-0.4, -0.2) is 8.80 Å². The van der Waals surface area contributed by atoms with Crippen molar-refractivity contribution in [1.82, 2.24) is 8.80 Å². The Morgan fingerprint density at radius 2 is 0.776 bits per heavy atom. The lowest BCUT2D eigenvalue weighted by atomic mass is 10.0. The van der Waals surface area contributed by atoms with Crippen LogP contribution in [0.25, 0.3) is 137 Å². The van der Waals surface area contributed by atoms with E-state index in [4.69, 9.17) is 8.83 Å². The van der Waals surface area contributed by atoms with Crippen LogP contribution in [0.3, 0.4) is 0 Å². The minimum absolute atomic E-state index is 0.831. The first kappa shape index (κ1) is 47.3. The van der Waals surface area contributed by atoms with Crippen LogP contribution in [0, 0.1) is 6.92 Å². The summed E-state index contributed by atoms with van der Waals surface area (Å²) in [6.45, 7) is 6.00. The van der Waals surface area contributed by atoms with Crippen LogP contribution in [0.4, 0.5) is 34.1 Å². The number of hydrogen-bond donors (Lipinski definition) is 0. The number of aromatic nitrogens is 2. The van der Waals surface area contributed by atoms with Crippen molar-refractivity contribution < 1.29 is 8.83 Å². The van der Waals surface area contributed by atoms with Gasteiger partial charge in [0, 0.05) is 87.3 Å². The summed E-state index contributed by atoms with van der Waals surface area (Å²) in [6.07, 6.45) is 5.88. The molecule has 18 aromatic rings. The highest BCUT2D eigenvalue weighted by molar-refractivity contribution is 6.29. The van der Waals surface area contributed by atoms with E-state index in [0.29, 0.717) is 0 Å². The zero-order chi connectivity index (χ0) is 56.0. The molecular formula is C79H50N4O2. The molecule has 0 aliphatic heterocycles. The SMILES string of the molecule is C=C/C=C\c1c(C)oc2c(N(c3ccc4c(c3)c3cccc5c6cc7c(cc6n4c35)c3cccc4c5cc(N(c6ccccc6-c6ccccc6)c6cccc8c6oc6ccccc68)ccc5n7c43)c3ccccc3-c3ccccc3)cccc12. The monoisotopic (exact) mass is 1090 g/mol. The van der Waals surface area contributed by atoms with Crippen LogP contribution >= 0.6 is 0 Å². The fourth-order valence-electron chi connectivity index (χ4n) is 14.3. The molecule has 0 radical (unpaired) electrons. The van der Waals surface area contributed by atoms with E-state index in [1.54, 1.807) is 0 Å². The lowest BCUT2D eigenvalue weighted by Crippen LogP contribution is -2.11. The van der Waals surface area contributed by atoms with E-state index in [0.717, 1.165) is 106 Å². The Kier molecular flexibility index (Phi) is 10.1. The van der Waals surface area contributed by atoms with Crippen LogP contribution in [0.15, 0.2) is 282 Å². The third-order valence-electron chi connectivity index (χ3n) is 17.9. The molecule has 0 bridgehead atoms. The molecule has 0 spiro atoms. The molecule has 0 aliphatic rings. The summed E-state index contributed by atoms with van der Waals surface area (Å²) in [5.74, 6) is 0.860. The number of benzene rings is 12. The van der Waals surface area contributed by atoms with E-state index in [9.17, 15) is 0 Å². The standard InChI is InChI=1S/C79H50N4O2/c1-3-4-25-53-48(2)84-78-61(53)33-19-37-71(78)80(67-35-14-11-26-54(67)49-21-7-5-8-22-49)51-40-42-69-63(44-51)57-29-17-31-59-65-47-74-66(46-73(65)82(69)76(57)59)60-32-18-30-58-64-45-52(41-43-70(64)83(74)77(58)60)81(68-36-15-12-27-55(68)50-23-9-6-10-24-50)72-38-20-34-62-56-28-13-16-39-75(56)85-79(62)72/h3-47H,1H2,2H3/b25-4-. The van der Waals surface area contributed by atoms with Gasteiger partial charge >= 0.3 is 0 Å². The second kappa shape index (κ2) is 18.1. The summed E-state index contributed by atoms with van der Waals surface area (Å²) in [5, 5.41) is 13.0. The van der Waals surface area contributed by atoms with Crippen LogP contribution < -0.4 is 9.80 Å². The van der Waals surface area contributed by atoms with Crippen molar-refractivity contribution in [1.29, 1.82) is 0 Å². The molecule has 0 saturated carbocycles. The molecule has 85 heavy (non-hydrogen) atoms. The maximum Gasteiger partial charge on any atom is 0.159 e. The smallest absolute Gasteiger partial charge is 0.159 e. The van der Waals surface area contributed by atoms with Gasteiger partial charge in [0.25, 0.3) is 0 Å². The predicted octanol–water partition coefficient (Wildman–Crippen LogP) is 22.4. The average molecular weight is 1090 g/mol. The van der Waals surface area contributed by atoms with E-state index in [2.05, 4.69) is 280 Å². The average Bonchev–Trinajstić information content (AvgIpc) is 1.66. The third-order valence-corrected chi connectivity index (χ3v) is 17.9. The van der Waals surface area contributed by atoms with E-state index < -0.39 is 0 Å². The Morgan fingerprint density at radius 1 is 0.353 bits per heavy atom. The molecule has 18 rings (SSSR count). The largest absolute Gasteiger partial charge is 0.459 e. The van der Waals surface area contributed by atoms with Crippen LogP contribution in [-0.2, 0) is 0 Å². The normalized spacial score (nSPS) is 12.3. The lowest BCUT2D eigenvalue weighted by molar-refractivity contribution is 0.578. The maximum absolute atomic E-state index is 6.81. The number of allylic oxidation sites excluding steroid dienone is 2. The Balaban J connectivity index is 0.833. The molecule has 6 nitrogen and oxygen atoms in total. The minimum Gasteiger partial charge on any atom is -0.459 e. The Morgan fingerprint density at radius 3 is 1.32 bits per heavy atom. The van der Waals surface area contributed by atoms with Crippen molar-refractivity contribution in [2.75, 3.05) is 9.80 Å². The van der Waals surface area contributed by atoms with Crippen molar-refractivity contribution in [2.24, 2.45) is 0 Å². The minimum atomic E-state index is 0.831. The maximum atomic E-state index is 6.81. The van der Waals surface area contributed by atoms with Crippen LogP contribution in [0.5, 0.6) is 0 Å². The van der Waals surface area contributed by atoms with Gasteiger partial charge in [-0.3, -0.25) is 0 Å². The summed E-state index contributed by atoms with van der Waals surface area (Å²) in [4.78, 5) is 4.79. The van der Waals surface area contributed by atoms with Crippen molar-refractivity contribution >= 4 is 149 Å². The lowest BCUT2D eigenvalue weighted by Gasteiger charge is -2.28. The molecule has 0 saturated heterocycles. The second-order valence-corrected chi connectivity index (χ2v) is 22.4. The Labute approximate surface area is 488 Å². The van der Waals surface area contributed by atoms with Gasteiger partial charge in [0.15, 0.2) is 11.2 Å². The molecule has 0 amide bonds. The van der Waals surface area contributed by atoms with Gasteiger partial charge in [-0.1, -0.05) is 201 Å². The molecular weight excluding hydrogens is 1040 g/mol. The Hall–Kier alpha value is -11.3. The van der Waals surface area contributed by atoms with E-state index >= 15 is 0 Å². The summed E-state index contributed by atoms with van der Waals surface area (Å²) in [5.41, 5.74) is 21.5. The molecule has 0 N–H and O–H groups in total. The van der Waals surface area contributed by atoms with E-state index in [-0.39, 0.29) is 0 Å². The molecule has 0 fully saturated rings. The highest BCUT2D eigenvalue weighted by atomic mass is 16.3. The quantitative estimate of drug-likeness (QED) is 0.128. The molecule has 6 heterocycles. The van der Waals surface area contributed by atoms with Gasteiger partial charge in [-0.2, -0.15) is 0 Å². The zero-order valence-electron chi connectivity index (χ0n) is 46.3. The number of nitrogens with zero attached hydrogens (tertiary/aromatic N) is 4. The molecule has 0 unspecified atom stereocenters. The summed E-state index contributed by atoms with van der Waals surface area (Å²) in [7, 11) is 0. The van der Waals surface area contributed by atoms with Gasteiger partial charge in [-0.05, 0) is 96.9 Å². The highest BCUT2D eigenvalue weighted by Crippen LogP contribution is 2.51. The highest BCUT2D eigenvalue weighted by Gasteiger charge is 2.28. The summed E-state index contributed by atoms with van der Waals surface area (Å²) >= 11 is 0. The number of furan rings is 2. The second-order valence-electron chi connectivity index (χ2n) is 22.4. The molecule has 6 aromatic heterocycles. The van der Waals surface area contributed by atoms with Gasteiger partial charge < -0.3 is 27.4 Å².